The summed E-state index contributed by atoms with van der Waals surface area (Å²) in [5.74, 6) is -0.221. The second-order valence-corrected chi connectivity index (χ2v) is 4.93. The lowest BCUT2D eigenvalue weighted by atomic mass is 10.3. The zero-order chi connectivity index (χ0) is 13.1. The Morgan fingerprint density at radius 1 is 1.67 bits per heavy atom. The minimum absolute atomic E-state index is 0.221. The zero-order valence-corrected chi connectivity index (χ0v) is 11.6. The molecule has 18 heavy (non-hydrogen) atoms. The van der Waals surface area contributed by atoms with Crippen LogP contribution in [0.5, 0.6) is 0 Å². The molecule has 2 rings (SSSR count). The van der Waals surface area contributed by atoms with E-state index in [1.54, 1.807) is 25.2 Å². The first-order valence-corrected chi connectivity index (χ1v) is 6.82. The Morgan fingerprint density at radius 3 is 3.17 bits per heavy atom. The highest BCUT2D eigenvalue weighted by atomic mass is 32.1. The van der Waals surface area contributed by atoms with Crippen LogP contribution in [0, 0.1) is 6.92 Å². The average Bonchev–Trinajstić information content (AvgIpc) is 2.87. The summed E-state index contributed by atoms with van der Waals surface area (Å²) in [6, 6.07) is -0.312. The topological polar surface area (TPSA) is 55.6 Å². The molecule has 0 saturated heterocycles. The standard InChI is InChI=1S/C12H17N3O2S/c1-4-17-11(16)9(3)13-7-10-8(2)14-12-15(10)5-6-18-12/h5-6,9,13H,4,7H2,1-3H3. The summed E-state index contributed by atoms with van der Waals surface area (Å²) in [4.78, 5) is 16.9. The van der Waals surface area contributed by atoms with E-state index in [0.29, 0.717) is 13.2 Å². The maximum atomic E-state index is 11.5. The van der Waals surface area contributed by atoms with E-state index in [0.717, 1.165) is 16.3 Å². The monoisotopic (exact) mass is 267 g/mol. The molecule has 0 fully saturated rings. The number of nitrogens with one attached hydrogen (secondary N) is 1. The van der Waals surface area contributed by atoms with E-state index in [-0.39, 0.29) is 12.0 Å². The van der Waals surface area contributed by atoms with E-state index in [9.17, 15) is 4.79 Å². The van der Waals surface area contributed by atoms with Crippen molar-refractivity contribution in [1.82, 2.24) is 14.7 Å². The second-order valence-electron chi connectivity index (χ2n) is 4.05. The zero-order valence-electron chi connectivity index (χ0n) is 10.8. The van der Waals surface area contributed by atoms with Gasteiger partial charge >= 0.3 is 5.97 Å². The molecule has 0 aliphatic heterocycles. The van der Waals surface area contributed by atoms with E-state index in [1.807, 2.05) is 22.9 Å². The normalized spacial score (nSPS) is 12.8. The first kappa shape index (κ1) is 13.0. The molecule has 1 atom stereocenters. The summed E-state index contributed by atoms with van der Waals surface area (Å²) in [7, 11) is 0. The van der Waals surface area contributed by atoms with Crippen molar-refractivity contribution in [3.05, 3.63) is 23.0 Å². The van der Waals surface area contributed by atoms with Crippen molar-refractivity contribution >= 4 is 22.3 Å². The molecule has 0 aromatic carbocycles. The summed E-state index contributed by atoms with van der Waals surface area (Å²) < 4.78 is 7.00. The molecule has 2 aromatic heterocycles. The Hall–Kier alpha value is -1.40. The number of hydrogen-bond acceptors (Lipinski definition) is 5. The third-order valence-corrected chi connectivity index (χ3v) is 3.53. The Morgan fingerprint density at radius 2 is 2.44 bits per heavy atom. The number of carbonyl (C=O) groups is 1. The number of fused-ring (bicyclic) bond motifs is 1. The van der Waals surface area contributed by atoms with Crippen molar-refractivity contribution in [2.24, 2.45) is 0 Å². The summed E-state index contributed by atoms with van der Waals surface area (Å²) in [5, 5.41) is 5.16. The molecular weight excluding hydrogens is 250 g/mol. The van der Waals surface area contributed by atoms with Gasteiger partial charge in [-0.25, -0.2) is 4.98 Å². The van der Waals surface area contributed by atoms with Gasteiger partial charge in [0.2, 0.25) is 0 Å². The fourth-order valence-electron chi connectivity index (χ4n) is 1.75. The first-order chi connectivity index (χ1) is 8.63. The predicted octanol–water partition coefficient (Wildman–Crippen LogP) is 1.75. The van der Waals surface area contributed by atoms with Crippen molar-refractivity contribution in [2.75, 3.05) is 6.61 Å². The van der Waals surface area contributed by atoms with Gasteiger partial charge in [-0.05, 0) is 20.8 Å². The van der Waals surface area contributed by atoms with Crippen LogP contribution in [0.1, 0.15) is 25.2 Å². The summed E-state index contributed by atoms with van der Waals surface area (Å²) in [5.41, 5.74) is 2.08. The molecule has 0 spiro atoms. The van der Waals surface area contributed by atoms with Crippen molar-refractivity contribution in [1.29, 1.82) is 0 Å². The van der Waals surface area contributed by atoms with E-state index >= 15 is 0 Å². The lowest BCUT2D eigenvalue weighted by Gasteiger charge is -2.12. The van der Waals surface area contributed by atoms with Crippen LogP contribution in [0.4, 0.5) is 0 Å². The van der Waals surface area contributed by atoms with Gasteiger partial charge in [0.15, 0.2) is 4.96 Å². The van der Waals surface area contributed by atoms with Crippen molar-refractivity contribution in [3.8, 4) is 0 Å². The molecule has 2 aromatic rings. The van der Waals surface area contributed by atoms with Gasteiger partial charge in [0, 0.05) is 18.1 Å². The number of aryl methyl sites for hydroxylation is 1. The van der Waals surface area contributed by atoms with Gasteiger partial charge in [0.25, 0.3) is 0 Å². The third-order valence-electron chi connectivity index (χ3n) is 2.78. The highest BCUT2D eigenvalue weighted by molar-refractivity contribution is 7.15. The van der Waals surface area contributed by atoms with Crippen LogP contribution in [0.15, 0.2) is 11.6 Å². The van der Waals surface area contributed by atoms with Crippen LogP contribution >= 0.6 is 11.3 Å². The molecule has 5 nitrogen and oxygen atoms in total. The van der Waals surface area contributed by atoms with Gasteiger partial charge < -0.3 is 4.74 Å². The van der Waals surface area contributed by atoms with Gasteiger partial charge in [-0.2, -0.15) is 0 Å². The lowest BCUT2D eigenvalue weighted by Crippen LogP contribution is -2.35. The predicted molar refractivity (Wildman–Crippen MR) is 70.7 cm³/mol. The molecule has 0 saturated carbocycles. The largest absolute Gasteiger partial charge is 0.465 e. The fourth-order valence-corrected chi connectivity index (χ4v) is 2.53. The number of aromatic nitrogens is 2. The number of imidazole rings is 1. The van der Waals surface area contributed by atoms with Gasteiger partial charge in [0.1, 0.15) is 6.04 Å². The molecule has 0 aliphatic carbocycles. The summed E-state index contributed by atoms with van der Waals surface area (Å²) >= 11 is 1.60. The van der Waals surface area contributed by atoms with Gasteiger partial charge in [-0.3, -0.25) is 14.5 Å². The fraction of sp³-hybridized carbons (Fsp3) is 0.500. The van der Waals surface area contributed by atoms with Crippen molar-refractivity contribution < 1.29 is 9.53 Å². The molecule has 0 bridgehead atoms. The van der Waals surface area contributed by atoms with E-state index in [4.69, 9.17) is 4.74 Å². The number of esters is 1. The molecule has 98 valence electrons. The molecule has 2 heterocycles. The molecule has 0 amide bonds. The lowest BCUT2D eigenvalue weighted by molar-refractivity contribution is -0.145. The molecule has 1 N–H and O–H groups in total. The number of ether oxygens (including phenoxy) is 1. The number of carbonyl (C=O) groups excluding carboxylic acids is 1. The maximum Gasteiger partial charge on any atom is 0.322 e. The molecule has 0 aliphatic rings. The average molecular weight is 267 g/mol. The molecular formula is C12H17N3O2S. The Kier molecular flexibility index (Phi) is 3.98. The SMILES string of the molecule is CCOC(=O)C(C)NCc1c(C)nc2sccn12. The van der Waals surface area contributed by atoms with Crippen LogP contribution in [-0.4, -0.2) is 28.0 Å². The quantitative estimate of drug-likeness (QED) is 0.838. The van der Waals surface area contributed by atoms with Crippen molar-refractivity contribution in [3.63, 3.8) is 0 Å². The smallest absolute Gasteiger partial charge is 0.322 e. The number of thiazole rings is 1. The molecule has 1 unspecified atom stereocenters. The van der Waals surface area contributed by atoms with Gasteiger partial charge in [-0.15, -0.1) is 11.3 Å². The summed E-state index contributed by atoms with van der Waals surface area (Å²) in [6.45, 7) is 6.60. The molecule has 6 heteroatoms. The number of nitrogens with zero attached hydrogens (tertiary/aromatic N) is 2. The third kappa shape index (κ3) is 2.54. The van der Waals surface area contributed by atoms with E-state index < -0.39 is 0 Å². The van der Waals surface area contributed by atoms with Crippen LogP contribution in [-0.2, 0) is 16.1 Å². The number of rotatable bonds is 5. The minimum Gasteiger partial charge on any atom is -0.465 e. The maximum absolute atomic E-state index is 11.5. The van der Waals surface area contributed by atoms with Gasteiger partial charge in [0.05, 0.1) is 18.0 Å². The number of hydrogen-bond donors (Lipinski definition) is 1. The van der Waals surface area contributed by atoms with Gasteiger partial charge in [-0.1, -0.05) is 0 Å². The van der Waals surface area contributed by atoms with E-state index in [2.05, 4.69) is 10.3 Å². The van der Waals surface area contributed by atoms with Crippen LogP contribution in [0.3, 0.4) is 0 Å². The Balaban J connectivity index is 2.03. The van der Waals surface area contributed by atoms with E-state index in [1.165, 1.54) is 0 Å². The summed E-state index contributed by atoms with van der Waals surface area (Å²) in [6.07, 6.45) is 1.99. The minimum atomic E-state index is -0.312. The Labute approximate surface area is 110 Å². The highest BCUT2D eigenvalue weighted by Gasteiger charge is 2.15. The van der Waals surface area contributed by atoms with Crippen LogP contribution in [0.2, 0.25) is 0 Å². The second kappa shape index (κ2) is 5.49. The molecule has 0 radical (unpaired) electrons. The Bertz CT molecular complexity index is 547. The first-order valence-electron chi connectivity index (χ1n) is 5.94. The van der Waals surface area contributed by atoms with Crippen LogP contribution in [0.25, 0.3) is 4.96 Å². The highest BCUT2D eigenvalue weighted by Crippen LogP contribution is 2.16. The van der Waals surface area contributed by atoms with Crippen molar-refractivity contribution in [2.45, 2.75) is 33.4 Å². The van der Waals surface area contributed by atoms with Crippen LogP contribution < -0.4 is 5.32 Å².